The summed E-state index contributed by atoms with van der Waals surface area (Å²) in [5, 5.41) is 3.45. The van der Waals surface area contributed by atoms with Crippen LogP contribution in [0.1, 0.15) is 19.4 Å². The van der Waals surface area contributed by atoms with Gasteiger partial charge in [-0.1, -0.05) is 25.2 Å². The molecule has 5 heteroatoms. The minimum Gasteiger partial charge on any atom is -0.389 e. The lowest BCUT2D eigenvalue weighted by Gasteiger charge is -2.22. The first-order chi connectivity index (χ1) is 8.97. The lowest BCUT2D eigenvalue weighted by molar-refractivity contribution is 0.326. The van der Waals surface area contributed by atoms with Crippen molar-refractivity contribution in [2.24, 2.45) is 5.73 Å². The molecule has 106 valence electrons. The standard InChI is InChI=1S/C14H23N3S2/c1-5-19-12-8-6-7-11(13(12)14(15)18)16-9-10(2)17(3)4/h6-8,10,16H,5,9H2,1-4H3,(H2,15,18). The van der Waals surface area contributed by atoms with Crippen LogP contribution >= 0.6 is 24.0 Å². The Morgan fingerprint density at radius 2 is 2.16 bits per heavy atom. The first-order valence-electron chi connectivity index (χ1n) is 6.43. The molecule has 1 atom stereocenters. The molecule has 3 nitrogen and oxygen atoms in total. The molecule has 0 aliphatic heterocycles. The number of thioether (sulfide) groups is 1. The maximum Gasteiger partial charge on any atom is 0.107 e. The molecule has 0 aromatic heterocycles. The highest BCUT2D eigenvalue weighted by molar-refractivity contribution is 7.99. The number of nitrogens with two attached hydrogens (primary N) is 1. The number of hydrogen-bond acceptors (Lipinski definition) is 4. The van der Waals surface area contributed by atoms with Crippen LogP contribution in [0.4, 0.5) is 5.69 Å². The lowest BCUT2D eigenvalue weighted by Crippen LogP contribution is -2.32. The summed E-state index contributed by atoms with van der Waals surface area (Å²) >= 11 is 6.96. The van der Waals surface area contributed by atoms with Crippen molar-refractivity contribution in [3.63, 3.8) is 0 Å². The number of rotatable bonds is 7. The van der Waals surface area contributed by atoms with Crippen LogP contribution in [-0.2, 0) is 0 Å². The van der Waals surface area contributed by atoms with Gasteiger partial charge in [0.1, 0.15) is 4.99 Å². The van der Waals surface area contributed by atoms with E-state index in [0.717, 1.165) is 28.4 Å². The van der Waals surface area contributed by atoms with Gasteiger partial charge in [0.25, 0.3) is 0 Å². The van der Waals surface area contributed by atoms with Crippen LogP contribution in [-0.4, -0.2) is 42.3 Å². The fourth-order valence-electron chi connectivity index (χ4n) is 1.65. The van der Waals surface area contributed by atoms with E-state index in [1.807, 2.05) is 12.1 Å². The minimum absolute atomic E-state index is 0.446. The Hall–Kier alpha value is -0.780. The van der Waals surface area contributed by atoms with Gasteiger partial charge in [0.15, 0.2) is 0 Å². The van der Waals surface area contributed by atoms with Crippen molar-refractivity contribution in [2.45, 2.75) is 24.8 Å². The van der Waals surface area contributed by atoms with Crippen molar-refractivity contribution in [2.75, 3.05) is 31.7 Å². The van der Waals surface area contributed by atoms with Gasteiger partial charge in [0.2, 0.25) is 0 Å². The minimum atomic E-state index is 0.446. The Morgan fingerprint density at radius 3 is 2.68 bits per heavy atom. The fourth-order valence-corrected chi connectivity index (χ4v) is 2.78. The number of hydrogen-bond donors (Lipinski definition) is 2. The molecule has 19 heavy (non-hydrogen) atoms. The summed E-state index contributed by atoms with van der Waals surface area (Å²) in [6.07, 6.45) is 0. The summed E-state index contributed by atoms with van der Waals surface area (Å²) in [6, 6.07) is 6.60. The second kappa shape index (κ2) is 7.72. The van der Waals surface area contributed by atoms with E-state index >= 15 is 0 Å². The Balaban J connectivity index is 2.93. The van der Waals surface area contributed by atoms with Crippen molar-refractivity contribution in [1.29, 1.82) is 0 Å². The zero-order chi connectivity index (χ0) is 14.4. The summed E-state index contributed by atoms with van der Waals surface area (Å²) in [7, 11) is 4.15. The highest BCUT2D eigenvalue weighted by Gasteiger charge is 2.12. The first kappa shape index (κ1) is 16.3. The van der Waals surface area contributed by atoms with Crippen molar-refractivity contribution in [3.8, 4) is 0 Å². The van der Waals surface area contributed by atoms with Crippen molar-refractivity contribution >= 4 is 34.7 Å². The Labute approximate surface area is 125 Å². The molecule has 1 unspecified atom stereocenters. The number of benzene rings is 1. The second-order valence-electron chi connectivity index (χ2n) is 4.67. The summed E-state index contributed by atoms with van der Waals surface area (Å²) < 4.78 is 0. The average Bonchev–Trinajstić information content (AvgIpc) is 2.35. The topological polar surface area (TPSA) is 41.3 Å². The highest BCUT2D eigenvalue weighted by Crippen LogP contribution is 2.28. The number of likely N-dealkylation sites (N-methyl/N-ethyl adjacent to an activating group) is 1. The maximum absolute atomic E-state index is 5.88. The largest absolute Gasteiger partial charge is 0.389 e. The third kappa shape index (κ3) is 4.67. The van der Waals surface area contributed by atoms with Crippen molar-refractivity contribution in [1.82, 2.24) is 4.90 Å². The molecule has 0 saturated heterocycles. The Kier molecular flexibility index (Phi) is 6.62. The quantitative estimate of drug-likeness (QED) is 0.598. The van der Waals surface area contributed by atoms with Gasteiger partial charge < -0.3 is 16.0 Å². The van der Waals surface area contributed by atoms with Gasteiger partial charge in [0, 0.05) is 28.7 Å². The zero-order valence-corrected chi connectivity index (χ0v) is 13.7. The van der Waals surface area contributed by atoms with Crippen LogP contribution in [0.2, 0.25) is 0 Å². The van der Waals surface area contributed by atoms with Gasteiger partial charge in [-0.25, -0.2) is 0 Å². The smallest absolute Gasteiger partial charge is 0.107 e. The van der Waals surface area contributed by atoms with Crippen LogP contribution in [0.15, 0.2) is 23.1 Å². The van der Waals surface area contributed by atoms with E-state index in [9.17, 15) is 0 Å². The molecule has 1 aromatic rings. The Morgan fingerprint density at radius 1 is 1.47 bits per heavy atom. The molecule has 1 aromatic carbocycles. The Bertz CT molecular complexity index is 433. The summed E-state index contributed by atoms with van der Waals surface area (Å²) in [6.45, 7) is 5.17. The molecule has 0 heterocycles. The van der Waals surface area contributed by atoms with Crippen LogP contribution in [0, 0.1) is 0 Å². The maximum atomic E-state index is 5.88. The van der Waals surface area contributed by atoms with Gasteiger partial charge in [-0.2, -0.15) is 0 Å². The van der Waals surface area contributed by atoms with Crippen LogP contribution in [0.3, 0.4) is 0 Å². The molecule has 0 spiro atoms. The first-order valence-corrected chi connectivity index (χ1v) is 7.82. The van der Waals surface area contributed by atoms with E-state index in [1.54, 1.807) is 11.8 Å². The van der Waals surface area contributed by atoms with Crippen molar-refractivity contribution in [3.05, 3.63) is 23.8 Å². The van der Waals surface area contributed by atoms with Gasteiger partial charge in [0.05, 0.1) is 0 Å². The molecule has 0 radical (unpaired) electrons. The van der Waals surface area contributed by atoms with Crippen LogP contribution < -0.4 is 11.1 Å². The molecule has 0 bridgehead atoms. The predicted octanol–water partition coefficient (Wildman–Crippen LogP) is 2.79. The lowest BCUT2D eigenvalue weighted by atomic mass is 10.1. The van der Waals surface area contributed by atoms with E-state index in [0.29, 0.717) is 11.0 Å². The molecule has 3 N–H and O–H groups in total. The molecule has 0 amide bonds. The van der Waals surface area contributed by atoms with Crippen LogP contribution in [0.5, 0.6) is 0 Å². The molecule has 0 aliphatic carbocycles. The second-order valence-corrected chi connectivity index (χ2v) is 6.42. The van der Waals surface area contributed by atoms with Crippen LogP contribution in [0.25, 0.3) is 0 Å². The van der Waals surface area contributed by atoms with Gasteiger partial charge in [-0.15, -0.1) is 11.8 Å². The molecule has 1 rings (SSSR count). The number of nitrogens with one attached hydrogen (secondary N) is 1. The highest BCUT2D eigenvalue weighted by atomic mass is 32.2. The fraction of sp³-hybridized carbons (Fsp3) is 0.500. The van der Waals surface area contributed by atoms with E-state index < -0.39 is 0 Å². The van der Waals surface area contributed by atoms with E-state index in [2.05, 4.69) is 44.2 Å². The number of anilines is 1. The predicted molar refractivity (Wildman–Crippen MR) is 90.4 cm³/mol. The average molecular weight is 297 g/mol. The monoisotopic (exact) mass is 297 g/mol. The zero-order valence-electron chi connectivity index (χ0n) is 12.1. The molecular weight excluding hydrogens is 274 g/mol. The number of thiocarbonyl (C=S) groups is 1. The number of nitrogens with zero attached hydrogens (tertiary/aromatic N) is 1. The third-order valence-electron chi connectivity index (χ3n) is 3.04. The summed E-state index contributed by atoms with van der Waals surface area (Å²) in [5.74, 6) is 1.01. The normalized spacial score (nSPS) is 12.5. The van der Waals surface area contributed by atoms with Gasteiger partial charge >= 0.3 is 0 Å². The van der Waals surface area contributed by atoms with Gasteiger partial charge in [-0.05, 0) is 38.9 Å². The van der Waals surface area contributed by atoms with E-state index in [4.69, 9.17) is 18.0 Å². The van der Waals surface area contributed by atoms with Gasteiger partial charge in [-0.3, -0.25) is 0 Å². The third-order valence-corrected chi connectivity index (χ3v) is 4.19. The van der Waals surface area contributed by atoms with E-state index in [1.165, 1.54) is 0 Å². The van der Waals surface area contributed by atoms with E-state index in [-0.39, 0.29) is 0 Å². The summed E-state index contributed by atoms with van der Waals surface area (Å²) in [4.78, 5) is 3.78. The molecule has 0 aliphatic rings. The van der Waals surface area contributed by atoms with Crippen molar-refractivity contribution < 1.29 is 0 Å². The molecular formula is C14H23N3S2. The molecule has 0 saturated carbocycles. The molecule has 0 fully saturated rings. The SMILES string of the molecule is CCSc1cccc(NCC(C)N(C)C)c1C(N)=S. The summed E-state index contributed by atoms with van der Waals surface area (Å²) in [5.41, 5.74) is 7.87.